The van der Waals surface area contributed by atoms with Crippen molar-refractivity contribution < 1.29 is 4.79 Å². The van der Waals surface area contributed by atoms with Gasteiger partial charge in [0.2, 0.25) is 0 Å². The molecule has 6 heteroatoms. The first-order valence-electron chi connectivity index (χ1n) is 6.54. The summed E-state index contributed by atoms with van der Waals surface area (Å²) in [5.74, 6) is 0.100. The summed E-state index contributed by atoms with van der Waals surface area (Å²) in [5, 5.41) is 4.36. The van der Waals surface area contributed by atoms with Crippen molar-refractivity contribution in [1.29, 1.82) is 0 Å². The quantitative estimate of drug-likeness (QED) is 0.542. The standard InChI is InChI=1S/C15H17BrN2OS2/c1-3-11(19)13-12(17)14(20-2)15(21-13)18-8-9-5-4-6-10(16)7-9/h4-7,18H,3,8,17H2,1-2H3. The molecule has 112 valence electrons. The maximum Gasteiger partial charge on any atom is 0.174 e. The molecule has 0 bridgehead atoms. The van der Waals surface area contributed by atoms with Gasteiger partial charge in [0.1, 0.15) is 5.00 Å². The van der Waals surface area contributed by atoms with Crippen molar-refractivity contribution >= 4 is 55.5 Å². The van der Waals surface area contributed by atoms with Crippen LogP contribution in [-0.4, -0.2) is 12.0 Å². The second-order valence-corrected chi connectivity index (χ2v) is 7.22. The highest BCUT2D eigenvalue weighted by molar-refractivity contribution is 9.10. The Bertz CT molecular complexity index is 655. The van der Waals surface area contributed by atoms with Crippen LogP contribution in [0.5, 0.6) is 0 Å². The maximum atomic E-state index is 11.9. The molecule has 0 radical (unpaired) electrons. The number of hydrogen-bond acceptors (Lipinski definition) is 5. The Hall–Kier alpha value is -0.980. The molecule has 2 aromatic rings. The second-order valence-electron chi connectivity index (χ2n) is 4.47. The molecule has 21 heavy (non-hydrogen) atoms. The highest BCUT2D eigenvalue weighted by Crippen LogP contribution is 2.42. The number of nitrogen functional groups attached to an aromatic ring is 1. The lowest BCUT2D eigenvalue weighted by Crippen LogP contribution is -1.99. The monoisotopic (exact) mass is 384 g/mol. The number of nitrogens with one attached hydrogen (secondary N) is 1. The van der Waals surface area contributed by atoms with Crippen LogP contribution in [0.3, 0.4) is 0 Å². The van der Waals surface area contributed by atoms with Crippen LogP contribution in [0.15, 0.2) is 33.6 Å². The van der Waals surface area contributed by atoms with Gasteiger partial charge in [-0.15, -0.1) is 23.1 Å². The molecule has 0 saturated carbocycles. The van der Waals surface area contributed by atoms with Gasteiger partial charge in [0.05, 0.1) is 15.5 Å². The van der Waals surface area contributed by atoms with E-state index in [4.69, 9.17) is 5.73 Å². The average molecular weight is 385 g/mol. The number of thioether (sulfide) groups is 1. The zero-order valence-electron chi connectivity index (χ0n) is 11.9. The average Bonchev–Trinajstić information content (AvgIpc) is 2.80. The number of nitrogens with two attached hydrogens (primary N) is 1. The van der Waals surface area contributed by atoms with Crippen LogP contribution in [0.25, 0.3) is 0 Å². The van der Waals surface area contributed by atoms with Crippen LogP contribution in [0.2, 0.25) is 0 Å². The number of carbonyl (C=O) groups is 1. The van der Waals surface area contributed by atoms with Gasteiger partial charge in [0.25, 0.3) is 0 Å². The van der Waals surface area contributed by atoms with E-state index in [1.807, 2.05) is 25.3 Å². The molecular formula is C15H17BrN2OS2. The van der Waals surface area contributed by atoms with Crippen LogP contribution in [-0.2, 0) is 6.54 Å². The zero-order valence-corrected chi connectivity index (χ0v) is 15.1. The van der Waals surface area contributed by atoms with Crippen LogP contribution in [0, 0.1) is 0 Å². The van der Waals surface area contributed by atoms with Crippen molar-refractivity contribution in [2.45, 2.75) is 24.8 Å². The van der Waals surface area contributed by atoms with Gasteiger partial charge in [-0.2, -0.15) is 0 Å². The summed E-state index contributed by atoms with van der Waals surface area (Å²) in [5.41, 5.74) is 7.89. The molecule has 0 aliphatic carbocycles. The first-order chi connectivity index (χ1) is 10.1. The second kappa shape index (κ2) is 7.33. The van der Waals surface area contributed by atoms with E-state index in [0.717, 1.165) is 14.4 Å². The Balaban J connectivity index is 2.21. The van der Waals surface area contributed by atoms with Gasteiger partial charge in [0, 0.05) is 17.4 Å². The summed E-state index contributed by atoms with van der Waals surface area (Å²) in [6.45, 7) is 2.56. The minimum atomic E-state index is 0.100. The van der Waals surface area contributed by atoms with Gasteiger partial charge in [-0.25, -0.2) is 0 Å². The van der Waals surface area contributed by atoms with Crippen molar-refractivity contribution in [1.82, 2.24) is 0 Å². The molecule has 1 aromatic heterocycles. The molecule has 0 aliphatic heterocycles. The fourth-order valence-corrected chi connectivity index (χ4v) is 4.43. The van der Waals surface area contributed by atoms with Gasteiger partial charge in [-0.05, 0) is 24.0 Å². The molecule has 1 aromatic carbocycles. The van der Waals surface area contributed by atoms with Crippen molar-refractivity contribution in [3.63, 3.8) is 0 Å². The number of rotatable bonds is 6. The van der Waals surface area contributed by atoms with Crippen LogP contribution < -0.4 is 11.1 Å². The first-order valence-corrected chi connectivity index (χ1v) is 9.38. The SMILES string of the molecule is CCC(=O)c1sc(NCc2cccc(Br)c2)c(SC)c1N. The number of hydrogen-bond donors (Lipinski definition) is 2. The third kappa shape index (κ3) is 3.81. The Morgan fingerprint density at radius 3 is 2.86 bits per heavy atom. The van der Waals surface area contributed by atoms with Crippen molar-refractivity contribution in [3.8, 4) is 0 Å². The van der Waals surface area contributed by atoms with E-state index in [1.54, 1.807) is 11.8 Å². The number of anilines is 2. The van der Waals surface area contributed by atoms with E-state index in [1.165, 1.54) is 16.9 Å². The van der Waals surface area contributed by atoms with Crippen LogP contribution in [0.1, 0.15) is 28.6 Å². The third-order valence-corrected chi connectivity index (χ3v) is 5.68. The van der Waals surface area contributed by atoms with E-state index in [-0.39, 0.29) is 5.78 Å². The molecule has 0 amide bonds. The van der Waals surface area contributed by atoms with Crippen LogP contribution >= 0.6 is 39.0 Å². The highest BCUT2D eigenvalue weighted by atomic mass is 79.9. The van der Waals surface area contributed by atoms with Crippen LogP contribution in [0.4, 0.5) is 10.7 Å². The normalized spacial score (nSPS) is 10.6. The van der Waals surface area contributed by atoms with Gasteiger partial charge in [0.15, 0.2) is 5.78 Å². The summed E-state index contributed by atoms with van der Waals surface area (Å²) in [6, 6.07) is 8.13. The van der Waals surface area contributed by atoms with Gasteiger partial charge in [-0.3, -0.25) is 4.79 Å². The molecule has 2 rings (SSSR count). The molecule has 0 unspecified atom stereocenters. The van der Waals surface area contributed by atoms with Gasteiger partial charge < -0.3 is 11.1 Å². The molecule has 0 aliphatic rings. The van der Waals surface area contributed by atoms with E-state index in [2.05, 4.69) is 33.4 Å². The fourth-order valence-electron chi connectivity index (χ4n) is 1.94. The number of halogens is 1. The Labute approximate surface area is 141 Å². The molecule has 1 heterocycles. The van der Waals surface area contributed by atoms with E-state index in [9.17, 15) is 4.79 Å². The summed E-state index contributed by atoms with van der Waals surface area (Å²) >= 11 is 6.49. The minimum Gasteiger partial charge on any atom is -0.396 e. The highest BCUT2D eigenvalue weighted by Gasteiger charge is 2.19. The topological polar surface area (TPSA) is 55.1 Å². The third-order valence-electron chi connectivity index (χ3n) is 3.02. The molecule has 0 spiro atoms. The Kier molecular flexibility index (Phi) is 5.72. The summed E-state index contributed by atoms with van der Waals surface area (Å²) in [7, 11) is 0. The maximum absolute atomic E-state index is 11.9. The molecule has 3 N–H and O–H groups in total. The number of ketones is 1. The smallest absolute Gasteiger partial charge is 0.174 e. The lowest BCUT2D eigenvalue weighted by molar-refractivity contribution is 0.0992. The predicted molar refractivity (Wildman–Crippen MR) is 96.6 cm³/mol. The largest absolute Gasteiger partial charge is 0.396 e. The van der Waals surface area contributed by atoms with Crippen molar-refractivity contribution in [2.75, 3.05) is 17.3 Å². The van der Waals surface area contributed by atoms with E-state index in [0.29, 0.717) is 23.5 Å². The minimum absolute atomic E-state index is 0.100. The number of thiophene rings is 1. The summed E-state index contributed by atoms with van der Waals surface area (Å²) in [4.78, 5) is 13.6. The predicted octanol–water partition coefficient (Wildman–Crippen LogP) is 5.02. The molecule has 3 nitrogen and oxygen atoms in total. The van der Waals surface area contributed by atoms with E-state index < -0.39 is 0 Å². The molecule has 0 fully saturated rings. The van der Waals surface area contributed by atoms with Crippen molar-refractivity contribution in [2.24, 2.45) is 0 Å². The van der Waals surface area contributed by atoms with Crippen molar-refractivity contribution in [3.05, 3.63) is 39.2 Å². The van der Waals surface area contributed by atoms with E-state index >= 15 is 0 Å². The molecule has 0 saturated heterocycles. The summed E-state index contributed by atoms with van der Waals surface area (Å²) in [6.07, 6.45) is 2.45. The first kappa shape index (κ1) is 16.4. The summed E-state index contributed by atoms with van der Waals surface area (Å²) < 4.78 is 1.06. The Morgan fingerprint density at radius 2 is 2.24 bits per heavy atom. The lowest BCUT2D eigenvalue weighted by atomic mass is 10.2. The number of Topliss-reactive ketones (excluding diaryl/α,β-unsaturated/α-hetero) is 1. The molecular weight excluding hydrogens is 368 g/mol. The number of benzene rings is 1. The van der Waals surface area contributed by atoms with Gasteiger partial charge >= 0.3 is 0 Å². The zero-order chi connectivity index (χ0) is 15.4. The number of carbonyl (C=O) groups excluding carboxylic acids is 1. The lowest BCUT2D eigenvalue weighted by Gasteiger charge is -2.06. The molecule has 0 atom stereocenters. The fraction of sp³-hybridized carbons (Fsp3) is 0.267. The Morgan fingerprint density at radius 1 is 1.48 bits per heavy atom. The van der Waals surface area contributed by atoms with Gasteiger partial charge in [-0.1, -0.05) is 35.0 Å².